The van der Waals surface area contributed by atoms with Crippen LogP contribution in [0.1, 0.15) is 13.8 Å². The van der Waals surface area contributed by atoms with Gasteiger partial charge in [-0.3, -0.25) is 0 Å². The van der Waals surface area contributed by atoms with Crippen LogP contribution in [0.3, 0.4) is 0 Å². The molecule has 0 radical (unpaired) electrons. The van der Waals surface area contributed by atoms with Crippen LogP contribution in [0.4, 0.5) is 13.2 Å². The number of rotatable bonds is 0. The summed E-state index contributed by atoms with van der Waals surface area (Å²) in [6.45, 7) is 2.08. The molecule has 0 aromatic heterocycles. The van der Waals surface area contributed by atoms with Gasteiger partial charge in [0.15, 0.2) is 0 Å². The first-order chi connectivity index (χ1) is 4.36. The van der Waals surface area contributed by atoms with Crippen LogP contribution in [-0.2, 0) is 0 Å². The summed E-state index contributed by atoms with van der Waals surface area (Å²) >= 11 is 0. The molecule has 2 nitrogen and oxygen atoms in total. The molecule has 0 bridgehead atoms. The third kappa shape index (κ3) is 17.9. The van der Waals surface area contributed by atoms with E-state index in [1.165, 1.54) is 6.41 Å². The van der Waals surface area contributed by atoms with Crippen molar-refractivity contribution in [2.75, 3.05) is 0 Å². The fourth-order valence-electron chi connectivity index (χ4n) is 0. The van der Waals surface area contributed by atoms with Crippen molar-refractivity contribution in [3.8, 4) is 0 Å². The molecule has 6 heteroatoms. The van der Waals surface area contributed by atoms with Crippen molar-refractivity contribution in [1.29, 1.82) is 0 Å². The van der Waals surface area contributed by atoms with Crippen molar-refractivity contribution in [3.05, 3.63) is 5.92 Å². The Hall–Kier alpha value is 0.312. The van der Waals surface area contributed by atoms with Crippen LogP contribution in [0.2, 0.25) is 0 Å². The number of alkyl halides is 3. The molecule has 0 atom stereocenters. The van der Waals surface area contributed by atoms with Crippen molar-refractivity contribution in [2.24, 2.45) is 5.73 Å². The van der Waals surface area contributed by atoms with E-state index in [2.05, 4.69) is 5.73 Å². The van der Waals surface area contributed by atoms with Gasteiger partial charge >= 0.3 is 31.1 Å². The Morgan fingerprint density at radius 3 is 1.45 bits per heavy atom. The predicted octanol–water partition coefficient (Wildman–Crippen LogP) is 1.12. The van der Waals surface area contributed by atoms with Gasteiger partial charge in [0, 0.05) is 0 Å². The molecule has 3 N–H and O–H groups in total. The number of primary amides is 1. The van der Waals surface area contributed by atoms with E-state index in [-0.39, 0.29) is 31.1 Å². The van der Waals surface area contributed by atoms with Crippen molar-refractivity contribution in [3.63, 3.8) is 0 Å². The van der Waals surface area contributed by atoms with Gasteiger partial charge in [0.25, 0.3) is 6.18 Å². The van der Waals surface area contributed by atoms with Crippen molar-refractivity contribution >= 4 is 6.41 Å². The van der Waals surface area contributed by atoms with Crippen LogP contribution in [0, 0.1) is 37.0 Å². The average Bonchev–Trinajstić information content (AvgIpc) is 1.64. The third-order valence-corrected chi connectivity index (χ3v) is 0.567. The van der Waals surface area contributed by atoms with E-state index in [1.54, 1.807) is 0 Å². The molecule has 0 aliphatic rings. The van der Waals surface area contributed by atoms with Crippen LogP contribution >= 0.6 is 0 Å². The summed E-state index contributed by atoms with van der Waals surface area (Å²) in [5, 5.41) is 0. The minimum Gasteiger partial charge on any atom is -0.495 e. The number of amides is 1. The van der Waals surface area contributed by atoms with E-state index in [0.29, 0.717) is 0 Å². The Balaban J connectivity index is -0.000000140. The van der Waals surface area contributed by atoms with Gasteiger partial charge in [0.1, 0.15) is 0 Å². The SMILES string of the molecule is C[C-](C)C(F)(F)F.N[C-]=[OH+].[U+2]. The molecule has 0 aliphatic carbocycles. The summed E-state index contributed by atoms with van der Waals surface area (Å²) in [6, 6.07) is 0. The molecule has 0 saturated carbocycles. The fraction of sp³-hybridized carbons (Fsp3) is 0.600. The van der Waals surface area contributed by atoms with E-state index < -0.39 is 12.1 Å². The maximum atomic E-state index is 11.1. The largest absolute Gasteiger partial charge is 2.00 e. The second-order valence-corrected chi connectivity index (χ2v) is 1.63. The zero-order valence-electron chi connectivity index (χ0n) is 6.16. The molecule has 0 heterocycles. The Morgan fingerprint density at radius 1 is 1.36 bits per heavy atom. The maximum absolute atomic E-state index is 11.1. The Bertz CT molecular complexity index is 94.2. The molecular formula is C5H9F3NOU+. The molecule has 0 aliphatic heterocycles. The molecule has 0 unspecified atom stereocenters. The summed E-state index contributed by atoms with van der Waals surface area (Å²) in [5.74, 6) is -0.507. The van der Waals surface area contributed by atoms with Gasteiger partial charge < -0.3 is 10.5 Å². The molecule has 0 aromatic carbocycles. The first-order valence-corrected chi connectivity index (χ1v) is 2.33. The molecule has 0 aromatic rings. The summed E-state index contributed by atoms with van der Waals surface area (Å²) in [7, 11) is 0. The van der Waals surface area contributed by atoms with Crippen LogP contribution in [0.25, 0.3) is 0 Å². The topological polar surface area (TPSA) is 47.4 Å². The summed E-state index contributed by atoms with van der Waals surface area (Å²) in [5.41, 5.74) is 4.15. The second-order valence-electron chi connectivity index (χ2n) is 1.63. The fourth-order valence-corrected chi connectivity index (χ4v) is 0. The molecule has 11 heavy (non-hydrogen) atoms. The molecule has 0 saturated heterocycles. The van der Waals surface area contributed by atoms with Gasteiger partial charge in [0.2, 0.25) is 0 Å². The summed E-state index contributed by atoms with van der Waals surface area (Å²) < 4.78 is 33.4. The van der Waals surface area contributed by atoms with Gasteiger partial charge in [-0.1, -0.05) is 0 Å². The number of halogens is 3. The van der Waals surface area contributed by atoms with E-state index in [1.807, 2.05) is 0 Å². The molecule has 0 rings (SSSR count). The van der Waals surface area contributed by atoms with Gasteiger partial charge in [-0.15, -0.1) is 0 Å². The maximum Gasteiger partial charge on any atom is 2.00 e. The van der Waals surface area contributed by atoms with Crippen molar-refractivity contribution < 1.29 is 49.1 Å². The van der Waals surface area contributed by atoms with E-state index in [4.69, 9.17) is 4.79 Å². The Labute approximate surface area is 87.1 Å². The standard InChI is InChI=1S/C4H6F3.CH3NO.U/c1-3(2)4(5,6)7;2-1-3;/h1-2H3;3H,2H2;/q-1;;+2. The summed E-state index contributed by atoms with van der Waals surface area (Å²) in [6.07, 6.45) is -2.83. The van der Waals surface area contributed by atoms with E-state index in [9.17, 15) is 13.2 Å². The smallest absolute Gasteiger partial charge is 0.495 e. The van der Waals surface area contributed by atoms with E-state index in [0.717, 1.165) is 13.8 Å². The van der Waals surface area contributed by atoms with Crippen LogP contribution < -0.4 is 5.73 Å². The first kappa shape index (κ1) is 17.4. The Morgan fingerprint density at radius 2 is 1.45 bits per heavy atom. The first-order valence-electron chi connectivity index (χ1n) is 2.33. The molecule has 0 fully saturated rings. The Kier molecular flexibility index (Phi) is 13.3. The van der Waals surface area contributed by atoms with Crippen LogP contribution in [0.5, 0.6) is 0 Å². The van der Waals surface area contributed by atoms with Gasteiger partial charge in [0.05, 0.1) is 6.41 Å². The van der Waals surface area contributed by atoms with E-state index >= 15 is 0 Å². The number of nitrogens with two attached hydrogens (primary N) is 1. The minimum atomic E-state index is -4.08. The predicted molar refractivity (Wildman–Crippen MR) is 31.8 cm³/mol. The minimum absolute atomic E-state index is 0. The normalized spacial score (nSPS) is 9.27. The quantitative estimate of drug-likeness (QED) is 0.364. The van der Waals surface area contributed by atoms with Crippen molar-refractivity contribution in [2.45, 2.75) is 20.0 Å². The zero-order valence-corrected chi connectivity index (χ0v) is 10.3. The third-order valence-electron chi connectivity index (χ3n) is 0.567. The van der Waals surface area contributed by atoms with Crippen LogP contribution in [0.15, 0.2) is 0 Å². The average molecular weight is 394 g/mol. The molecular weight excluding hydrogens is 385 g/mol. The van der Waals surface area contributed by atoms with Crippen LogP contribution in [-0.4, -0.2) is 17.4 Å². The zero-order chi connectivity index (χ0) is 8.78. The van der Waals surface area contributed by atoms with Gasteiger partial charge in [-0.05, 0) is 0 Å². The number of hydrogen-bond acceptors (Lipinski definition) is 0. The van der Waals surface area contributed by atoms with Gasteiger partial charge in [-0.2, -0.15) is 13.8 Å². The van der Waals surface area contributed by atoms with Gasteiger partial charge in [-0.25, -0.2) is 19.1 Å². The van der Waals surface area contributed by atoms with Crippen molar-refractivity contribution in [1.82, 2.24) is 0 Å². The monoisotopic (exact) mass is 394 g/mol. The number of hydrogen-bond donors (Lipinski definition) is 1. The molecule has 64 valence electrons. The number of carbonyl (C=O) groups excluding carboxylic acids is 1. The molecule has 0 spiro atoms. The summed E-state index contributed by atoms with van der Waals surface area (Å²) in [4.78, 5) is 7.10. The second kappa shape index (κ2) is 8.41. The molecule has 1 amide bonds.